The zero-order valence-corrected chi connectivity index (χ0v) is 18.6. The number of aliphatic imine (C=N–C) groups is 1. The molecule has 7 nitrogen and oxygen atoms in total. The van der Waals surface area contributed by atoms with Crippen molar-refractivity contribution in [2.24, 2.45) is 10.1 Å². The summed E-state index contributed by atoms with van der Waals surface area (Å²) in [6.07, 6.45) is 3.67. The molecular formula is C24H24F2N4O3. The Balaban J connectivity index is 1.44. The van der Waals surface area contributed by atoms with E-state index < -0.39 is 17.4 Å². The van der Waals surface area contributed by atoms with Gasteiger partial charge in [-0.3, -0.25) is 4.99 Å². The number of rotatable bonds is 4. The van der Waals surface area contributed by atoms with Gasteiger partial charge in [-0.1, -0.05) is 11.2 Å². The molecule has 172 valence electrons. The Bertz CT molecular complexity index is 1160. The third kappa shape index (κ3) is 3.77. The van der Waals surface area contributed by atoms with Gasteiger partial charge in [0.05, 0.1) is 31.7 Å². The van der Waals surface area contributed by atoms with Crippen LogP contribution in [0.2, 0.25) is 0 Å². The van der Waals surface area contributed by atoms with Gasteiger partial charge in [0.25, 0.3) is 0 Å². The Hall–Kier alpha value is -3.62. The summed E-state index contributed by atoms with van der Waals surface area (Å²) in [5.74, 6) is 0.348. The Labute approximate surface area is 190 Å². The second-order valence-electron chi connectivity index (χ2n) is 8.35. The molecule has 3 aliphatic rings. The fourth-order valence-corrected chi connectivity index (χ4v) is 4.28. The van der Waals surface area contributed by atoms with Crippen LogP contribution in [0.15, 0.2) is 52.3 Å². The van der Waals surface area contributed by atoms with Crippen LogP contribution in [0, 0.1) is 11.6 Å². The Morgan fingerprint density at radius 1 is 1.18 bits per heavy atom. The maximum absolute atomic E-state index is 13.9. The number of nitrogens with zero attached hydrogens (tertiary/aromatic N) is 4. The SMILES string of the molecule is COc1cc(/C=C2/OCCN3C2=NO[C@@]3(C)c2cc(F)cc(F)c2)ccc1N1C=NC(C)C1. The van der Waals surface area contributed by atoms with Gasteiger partial charge >= 0.3 is 0 Å². The smallest absolute Gasteiger partial charge is 0.234 e. The van der Waals surface area contributed by atoms with E-state index in [9.17, 15) is 8.78 Å². The molecule has 2 aromatic carbocycles. The van der Waals surface area contributed by atoms with E-state index in [1.165, 1.54) is 12.1 Å². The summed E-state index contributed by atoms with van der Waals surface area (Å²) in [5.41, 5.74) is 0.979. The molecule has 0 spiro atoms. The molecule has 0 N–H and O–H groups in total. The molecule has 0 bridgehead atoms. The predicted molar refractivity (Wildman–Crippen MR) is 121 cm³/mol. The van der Waals surface area contributed by atoms with E-state index in [-0.39, 0.29) is 6.04 Å². The molecule has 33 heavy (non-hydrogen) atoms. The van der Waals surface area contributed by atoms with Crippen LogP contribution in [0.4, 0.5) is 14.5 Å². The summed E-state index contributed by atoms with van der Waals surface area (Å²) in [6.45, 7) is 5.42. The van der Waals surface area contributed by atoms with Gasteiger partial charge in [0.2, 0.25) is 11.6 Å². The number of ether oxygens (including phenoxy) is 2. The van der Waals surface area contributed by atoms with Gasteiger partial charge in [0, 0.05) is 25.1 Å². The lowest BCUT2D eigenvalue weighted by molar-refractivity contribution is -0.0971. The lowest BCUT2D eigenvalue weighted by atomic mass is 10.0. The number of amidine groups is 1. The number of methoxy groups -OCH3 is 1. The molecule has 3 heterocycles. The third-order valence-electron chi connectivity index (χ3n) is 6.00. The molecular weight excluding hydrogens is 430 g/mol. The molecule has 1 unspecified atom stereocenters. The summed E-state index contributed by atoms with van der Waals surface area (Å²) in [5, 5.41) is 4.20. The number of anilines is 1. The average molecular weight is 454 g/mol. The van der Waals surface area contributed by atoms with Crippen molar-refractivity contribution in [1.29, 1.82) is 0 Å². The maximum Gasteiger partial charge on any atom is 0.234 e. The summed E-state index contributed by atoms with van der Waals surface area (Å²) >= 11 is 0. The molecule has 0 saturated carbocycles. The topological polar surface area (TPSA) is 58.9 Å². The molecule has 0 aromatic heterocycles. The van der Waals surface area contributed by atoms with Crippen LogP contribution in [-0.2, 0) is 15.3 Å². The fourth-order valence-electron chi connectivity index (χ4n) is 4.28. The highest BCUT2D eigenvalue weighted by Crippen LogP contribution is 2.39. The van der Waals surface area contributed by atoms with E-state index in [0.717, 1.165) is 23.9 Å². The lowest BCUT2D eigenvalue weighted by Crippen LogP contribution is -2.49. The zero-order chi connectivity index (χ0) is 23.2. The van der Waals surface area contributed by atoms with E-state index in [1.54, 1.807) is 14.0 Å². The fraction of sp³-hybridized carbons (Fsp3) is 0.333. The van der Waals surface area contributed by atoms with Crippen LogP contribution < -0.4 is 9.64 Å². The minimum Gasteiger partial charge on any atom is -0.495 e. The van der Waals surface area contributed by atoms with Crippen molar-refractivity contribution in [1.82, 2.24) is 4.90 Å². The van der Waals surface area contributed by atoms with Crippen LogP contribution >= 0.6 is 0 Å². The molecule has 0 aliphatic carbocycles. The molecule has 1 saturated heterocycles. The minimum absolute atomic E-state index is 0.236. The number of hydrogen-bond donors (Lipinski definition) is 0. The Morgan fingerprint density at radius 2 is 1.97 bits per heavy atom. The number of benzene rings is 2. The van der Waals surface area contributed by atoms with E-state index in [1.807, 2.05) is 35.5 Å². The van der Waals surface area contributed by atoms with Crippen molar-refractivity contribution in [3.05, 3.63) is 64.9 Å². The highest BCUT2D eigenvalue weighted by Gasteiger charge is 2.47. The van der Waals surface area contributed by atoms with Crippen molar-refractivity contribution < 1.29 is 23.1 Å². The van der Waals surface area contributed by atoms with Crippen molar-refractivity contribution in [2.75, 3.05) is 31.7 Å². The Kier molecular flexibility index (Phi) is 5.19. The molecule has 1 fully saturated rings. The second kappa shape index (κ2) is 8.06. The van der Waals surface area contributed by atoms with Crippen LogP contribution in [0.5, 0.6) is 5.75 Å². The van der Waals surface area contributed by atoms with Crippen molar-refractivity contribution >= 4 is 23.9 Å². The van der Waals surface area contributed by atoms with Crippen LogP contribution in [-0.4, -0.2) is 49.9 Å². The molecule has 2 aromatic rings. The standard InChI is InChI=1S/C24H24F2N4O3/c1-15-13-29(14-27-15)20-5-4-16(8-21(20)31-3)9-22-23-28-33-24(2,30(23)6-7-32-22)17-10-18(25)12-19(26)11-17/h4-5,8-12,14-15H,6-7,13H2,1-3H3/b22-9+/t15?,24-/m0/s1. The quantitative estimate of drug-likeness (QED) is 0.696. The molecule has 9 heteroatoms. The maximum atomic E-state index is 13.9. The summed E-state index contributed by atoms with van der Waals surface area (Å²) < 4.78 is 39.2. The number of halogens is 2. The normalized spacial score (nSPS) is 25.1. The number of oxime groups is 1. The zero-order valence-electron chi connectivity index (χ0n) is 18.6. The molecule has 0 amide bonds. The van der Waals surface area contributed by atoms with Gasteiger partial charge in [-0.25, -0.2) is 8.78 Å². The molecule has 3 aliphatic heterocycles. The first-order valence-electron chi connectivity index (χ1n) is 10.7. The van der Waals surface area contributed by atoms with Gasteiger partial charge in [0.15, 0.2) is 5.76 Å². The van der Waals surface area contributed by atoms with Crippen LogP contribution in [0.3, 0.4) is 0 Å². The number of morpholine rings is 1. The largest absolute Gasteiger partial charge is 0.495 e. The van der Waals surface area contributed by atoms with E-state index in [0.29, 0.717) is 36.1 Å². The third-order valence-corrected chi connectivity index (χ3v) is 6.00. The number of fused-ring (bicyclic) bond motifs is 1. The monoisotopic (exact) mass is 454 g/mol. The first kappa shape index (κ1) is 21.2. The summed E-state index contributed by atoms with van der Waals surface area (Å²) in [4.78, 5) is 14.0. The van der Waals surface area contributed by atoms with Gasteiger partial charge < -0.3 is 24.1 Å². The predicted octanol–water partition coefficient (Wildman–Crippen LogP) is 4.10. The van der Waals surface area contributed by atoms with E-state index in [4.69, 9.17) is 14.3 Å². The van der Waals surface area contributed by atoms with Crippen molar-refractivity contribution in [3.8, 4) is 5.75 Å². The molecule has 2 atom stereocenters. The van der Waals surface area contributed by atoms with Gasteiger partial charge in [0.1, 0.15) is 24.0 Å². The molecule has 0 radical (unpaired) electrons. The number of hydrogen-bond acceptors (Lipinski definition) is 7. The van der Waals surface area contributed by atoms with Crippen LogP contribution in [0.1, 0.15) is 25.0 Å². The van der Waals surface area contributed by atoms with Crippen molar-refractivity contribution in [3.63, 3.8) is 0 Å². The highest BCUT2D eigenvalue weighted by molar-refractivity contribution is 6.01. The van der Waals surface area contributed by atoms with Gasteiger partial charge in [-0.05, 0) is 42.8 Å². The summed E-state index contributed by atoms with van der Waals surface area (Å²) in [7, 11) is 1.63. The lowest BCUT2D eigenvalue weighted by Gasteiger charge is -2.37. The minimum atomic E-state index is -1.14. The van der Waals surface area contributed by atoms with Crippen molar-refractivity contribution in [2.45, 2.75) is 25.6 Å². The molecule has 5 rings (SSSR count). The average Bonchev–Trinajstić information content (AvgIpc) is 3.38. The van der Waals surface area contributed by atoms with Crippen LogP contribution in [0.25, 0.3) is 6.08 Å². The van der Waals surface area contributed by atoms with Gasteiger partial charge in [-0.15, -0.1) is 0 Å². The first-order chi connectivity index (χ1) is 15.9. The summed E-state index contributed by atoms with van der Waals surface area (Å²) in [6, 6.07) is 9.43. The van der Waals surface area contributed by atoms with E-state index in [2.05, 4.69) is 22.0 Å². The second-order valence-corrected chi connectivity index (χ2v) is 8.35. The highest BCUT2D eigenvalue weighted by atomic mass is 19.1. The Morgan fingerprint density at radius 3 is 2.67 bits per heavy atom. The van der Waals surface area contributed by atoms with E-state index >= 15 is 0 Å². The van der Waals surface area contributed by atoms with Gasteiger partial charge in [-0.2, -0.15) is 0 Å². The first-order valence-corrected chi connectivity index (χ1v) is 10.7.